The number of hydrogen-bond donors (Lipinski definition) is 1. The molecule has 8 nitrogen and oxygen atoms in total. The summed E-state index contributed by atoms with van der Waals surface area (Å²) in [6.45, 7) is 6.69. The number of ether oxygens (including phenoxy) is 1. The SMILES string of the molecule is COc1cc(O)c2c(c1)N(c1ccc3ncc(-c4cnn(C)c4)nc3c1)CCN(C(C)C)C2. The highest BCUT2D eigenvalue weighted by Gasteiger charge is 2.26. The Morgan fingerprint density at radius 1 is 1.06 bits per heavy atom. The van der Waals surface area contributed by atoms with Gasteiger partial charge in [-0.3, -0.25) is 14.6 Å². The zero-order valence-corrected chi connectivity index (χ0v) is 19.4. The smallest absolute Gasteiger partial charge is 0.125 e. The van der Waals surface area contributed by atoms with E-state index in [1.165, 1.54) is 0 Å². The van der Waals surface area contributed by atoms with Gasteiger partial charge in [0.1, 0.15) is 11.5 Å². The third-order valence-corrected chi connectivity index (χ3v) is 6.24. The van der Waals surface area contributed by atoms with Gasteiger partial charge in [-0.05, 0) is 32.0 Å². The van der Waals surface area contributed by atoms with E-state index in [2.05, 4.69) is 45.9 Å². The minimum atomic E-state index is 0.251. The predicted molar refractivity (Wildman–Crippen MR) is 129 cm³/mol. The maximum absolute atomic E-state index is 10.8. The van der Waals surface area contributed by atoms with Crippen LogP contribution in [0.25, 0.3) is 22.3 Å². The zero-order chi connectivity index (χ0) is 23.1. The van der Waals surface area contributed by atoms with Crippen molar-refractivity contribution < 1.29 is 9.84 Å². The van der Waals surface area contributed by atoms with Gasteiger partial charge in [0.25, 0.3) is 0 Å². The fraction of sp³-hybridized carbons (Fsp3) is 0.320. The number of anilines is 2. The van der Waals surface area contributed by atoms with Crippen molar-refractivity contribution in [1.29, 1.82) is 0 Å². The molecule has 1 aliphatic rings. The van der Waals surface area contributed by atoms with Gasteiger partial charge in [0.15, 0.2) is 0 Å². The van der Waals surface area contributed by atoms with Gasteiger partial charge in [0.05, 0.1) is 41.9 Å². The van der Waals surface area contributed by atoms with Crippen LogP contribution in [0, 0.1) is 0 Å². The summed E-state index contributed by atoms with van der Waals surface area (Å²) in [4.78, 5) is 14.1. The fourth-order valence-corrected chi connectivity index (χ4v) is 4.34. The molecule has 0 aliphatic carbocycles. The molecule has 2 aromatic carbocycles. The van der Waals surface area contributed by atoms with E-state index in [0.29, 0.717) is 18.3 Å². The van der Waals surface area contributed by atoms with E-state index in [1.54, 1.807) is 30.3 Å². The summed E-state index contributed by atoms with van der Waals surface area (Å²) in [5, 5.41) is 15.1. The van der Waals surface area contributed by atoms with Gasteiger partial charge in [-0.1, -0.05) is 0 Å². The number of hydrogen-bond acceptors (Lipinski definition) is 7. The van der Waals surface area contributed by atoms with Gasteiger partial charge < -0.3 is 14.7 Å². The first kappa shape index (κ1) is 21.2. The van der Waals surface area contributed by atoms with E-state index in [1.807, 2.05) is 25.4 Å². The average Bonchev–Trinajstić information content (AvgIpc) is 3.14. The van der Waals surface area contributed by atoms with Crippen LogP contribution in [-0.2, 0) is 13.6 Å². The summed E-state index contributed by atoms with van der Waals surface area (Å²) in [5.41, 5.74) is 6.21. The lowest BCUT2D eigenvalue weighted by Crippen LogP contribution is -2.34. The van der Waals surface area contributed by atoms with Gasteiger partial charge in [0, 0.05) is 67.9 Å². The van der Waals surface area contributed by atoms with Crippen LogP contribution in [0.5, 0.6) is 11.5 Å². The predicted octanol–water partition coefficient (Wildman–Crippen LogP) is 4.11. The molecule has 4 aromatic rings. The summed E-state index contributed by atoms with van der Waals surface area (Å²) in [6, 6.07) is 10.2. The number of benzene rings is 2. The number of fused-ring (bicyclic) bond motifs is 2. The highest BCUT2D eigenvalue weighted by molar-refractivity contribution is 5.83. The standard InChI is InChI=1S/C25H28N6O2/c1-16(2)30-7-8-31(24-10-19(33-4)11-25(32)20(24)15-30)18-5-6-21-22(9-18)28-23(13-26-21)17-12-27-29(3)14-17/h5-6,9-14,16,32H,7-8,15H2,1-4H3. The lowest BCUT2D eigenvalue weighted by atomic mass is 10.1. The molecule has 1 aliphatic heterocycles. The summed E-state index contributed by atoms with van der Waals surface area (Å²) < 4.78 is 7.22. The summed E-state index contributed by atoms with van der Waals surface area (Å²) >= 11 is 0. The monoisotopic (exact) mass is 444 g/mol. The molecule has 2 aromatic heterocycles. The van der Waals surface area contributed by atoms with Crippen LogP contribution in [0.3, 0.4) is 0 Å². The van der Waals surface area contributed by atoms with E-state index in [0.717, 1.165) is 52.3 Å². The van der Waals surface area contributed by atoms with E-state index in [-0.39, 0.29) is 5.75 Å². The van der Waals surface area contributed by atoms with Crippen LogP contribution >= 0.6 is 0 Å². The van der Waals surface area contributed by atoms with Crippen LogP contribution in [-0.4, -0.2) is 56.0 Å². The minimum Gasteiger partial charge on any atom is -0.507 e. The van der Waals surface area contributed by atoms with Crippen molar-refractivity contribution in [3.63, 3.8) is 0 Å². The van der Waals surface area contributed by atoms with Crippen LogP contribution in [0.1, 0.15) is 19.4 Å². The Hall–Kier alpha value is -3.65. The molecule has 0 saturated carbocycles. The number of methoxy groups -OCH3 is 1. The Kier molecular flexibility index (Phi) is 5.38. The molecule has 0 unspecified atom stereocenters. The first-order valence-corrected chi connectivity index (χ1v) is 11.1. The topological polar surface area (TPSA) is 79.5 Å². The van der Waals surface area contributed by atoms with Gasteiger partial charge >= 0.3 is 0 Å². The second-order valence-corrected chi connectivity index (χ2v) is 8.69. The maximum atomic E-state index is 10.8. The summed E-state index contributed by atoms with van der Waals surface area (Å²) in [5.74, 6) is 0.884. The van der Waals surface area contributed by atoms with Crippen molar-refractivity contribution in [1.82, 2.24) is 24.6 Å². The van der Waals surface area contributed by atoms with Crippen molar-refractivity contribution in [2.45, 2.75) is 26.4 Å². The van der Waals surface area contributed by atoms with E-state index < -0.39 is 0 Å². The molecule has 0 spiro atoms. The highest BCUT2D eigenvalue weighted by atomic mass is 16.5. The molecule has 0 atom stereocenters. The first-order valence-electron chi connectivity index (χ1n) is 11.1. The number of nitrogens with zero attached hydrogens (tertiary/aromatic N) is 6. The Morgan fingerprint density at radius 3 is 2.64 bits per heavy atom. The third-order valence-electron chi connectivity index (χ3n) is 6.24. The number of phenolic OH excluding ortho intramolecular Hbond substituents is 1. The first-order chi connectivity index (χ1) is 15.9. The molecular formula is C25H28N6O2. The molecule has 0 saturated heterocycles. The van der Waals surface area contributed by atoms with Crippen molar-refractivity contribution in [2.24, 2.45) is 7.05 Å². The Bertz CT molecular complexity index is 1320. The lowest BCUT2D eigenvalue weighted by molar-refractivity contribution is 0.221. The average molecular weight is 445 g/mol. The third kappa shape index (κ3) is 3.98. The maximum Gasteiger partial charge on any atom is 0.125 e. The van der Waals surface area contributed by atoms with Crippen LogP contribution in [0.4, 0.5) is 11.4 Å². The van der Waals surface area contributed by atoms with Crippen LogP contribution in [0.2, 0.25) is 0 Å². The van der Waals surface area contributed by atoms with Gasteiger partial charge in [-0.25, -0.2) is 4.98 Å². The second-order valence-electron chi connectivity index (χ2n) is 8.69. The summed E-state index contributed by atoms with van der Waals surface area (Å²) in [7, 11) is 3.51. The minimum absolute atomic E-state index is 0.251. The lowest BCUT2D eigenvalue weighted by Gasteiger charge is -2.26. The van der Waals surface area contributed by atoms with Gasteiger partial charge in [-0.15, -0.1) is 0 Å². The molecule has 3 heterocycles. The van der Waals surface area contributed by atoms with Crippen molar-refractivity contribution in [3.8, 4) is 22.8 Å². The number of aromatic nitrogens is 4. The van der Waals surface area contributed by atoms with Crippen LogP contribution in [0.15, 0.2) is 48.9 Å². The van der Waals surface area contributed by atoms with Crippen molar-refractivity contribution in [2.75, 3.05) is 25.1 Å². The van der Waals surface area contributed by atoms with E-state index in [9.17, 15) is 5.11 Å². The molecule has 0 radical (unpaired) electrons. The molecule has 0 fully saturated rings. The molecule has 0 amide bonds. The zero-order valence-electron chi connectivity index (χ0n) is 19.4. The highest BCUT2D eigenvalue weighted by Crippen LogP contribution is 2.40. The quantitative estimate of drug-likeness (QED) is 0.507. The molecule has 0 bridgehead atoms. The van der Waals surface area contributed by atoms with Gasteiger partial charge in [0.2, 0.25) is 0 Å². The summed E-state index contributed by atoms with van der Waals surface area (Å²) in [6.07, 6.45) is 5.50. The second kappa shape index (κ2) is 8.37. The molecular weight excluding hydrogens is 416 g/mol. The Morgan fingerprint density at radius 2 is 1.91 bits per heavy atom. The largest absolute Gasteiger partial charge is 0.507 e. The Balaban J connectivity index is 1.61. The van der Waals surface area contributed by atoms with E-state index >= 15 is 0 Å². The van der Waals surface area contributed by atoms with E-state index in [4.69, 9.17) is 9.72 Å². The number of aromatic hydroxyl groups is 1. The molecule has 170 valence electrons. The molecule has 33 heavy (non-hydrogen) atoms. The fourth-order valence-electron chi connectivity index (χ4n) is 4.34. The van der Waals surface area contributed by atoms with Crippen molar-refractivity contribution >= 4 is 22.4 Å². The Labute approximate surface area is 193 Å². The van der Waals surface area contributed by atoms with Crippen LogP contribution < -0.4 is 9.64 Å². The normalized spacial score (nSPS) is 14.5. The number of phenols is 1. The van der Waals surface area contributed by atoms with Crippen molar-refractivity contribution in [3.05, 3.63) is 54.5 Å². The number of aryl methyl sites for hydroxylation is 1. The number of rotatable bonds is 4. The van der Waals surface area contributed by atoms with Gasteiger partial charge in [-0.2, -0.15) is 5.10 Å². The molecule has 5 rings (SSSR count). The molecule has 1 N–H and O–H groups in total. The molecule has 8 heteroatoms.